The van der Waals surface area contributed by atoms with Crippen molar-refractivity contribution in [3.05, 3.63) is 40.2 Å². The molecule has 0 aliphatic carbocycles. The van der Waals surface area contributed by atoms with Gasteiger partial charge in [-0.05, 0) is 6.07 Å². The number of non-ortho nitro benzene ring substituents is 1. The molecule has 0 N–H and O–H groups in total. The van der Waals surface area contributed by atoms with E-state index in [-0.39, 0.29) is 5.39 Å². The van der Waals surface area contributed by atoms with Gasteiger partial charge in [-0.15, -0.1) is 0 Å². The molecular formula is C12H7F3N2O7S. The first-order valence-electron chi connectivity index (χ1n) is 6.14. The van der Waals surface area contributed by atoms with Crippen LogP contribution in [0.1, 0.15) is 10.5 Å². The van der Waals surface area contributed by atoms with Crippen molar-refractivity contribution in [3.63, 3.8) is 0 Å². The lowest BCUT2D eigenvalue weighted by atomic mass is 10.1. The zero-order valence-electron chi connectivity index (χ0n) is 12.1. The highest BCUT2D eigenvalue weighted by Crippen LogP contribution is 2.36. The molecule has 25 heavy (non-hydrogen) atoms. The van der Waals surface area contributed by atoms with E-state index in [1.54, 1.807) is 0 Å². The summed E-state index contributed by atoms with van der Waals surface area (Å²) in [5, 5.41) is 10.2. The summed E-state index contributed by atoms with van der Waals surface area (Å²) >= 11 is 0. The number of aromatic nitrogens is 1. The first-order valence-corrected chi connectivity index (χ1v) is 7.55. The lowest BCUT2D eigenvalue weighted by Crippen LogP contribution is -2.29. The Morgan fingerprint density at radius 1 is 1.28 bits per heavy atom. The van der Waals surface area contributed by atoms with Crippen LogP contribution in [0.4, 0.5) is 18.9 Å². The first-order chi connectivity index (χ1) is 11.5. The highest BCUT2D eigenvalue weighted by atomic mass is 32.2. The Labute approximate surface area is 137 Å². The Bertz CT molecular complexity index is 973. The summed E-state index contributed by atoms with van der Waals surface area (Å²) in [5.41, 5.74) is -7.25. The van der Waals surface area contributed by atoms with E-state index in [1.807, 2.05) is 0 Å². The zero-order chi connectivity index (χ0) is 19.0. The Kier molecular flexibility index (Phi) is 4.53. The molecule has 0 aliphatic heterocycles. The molecule has 0 aliphatic rings. The van der Waals surface area contributed by atoms with E-state index in [9.17, 15) is 36.5 Å². The van der Waals surface area contributed by atoms with Gasteiger partial charge in [0.05, 0.1) is 17.4 Å². The van der Waals surface area contributed by atoms with Crippen LogP contribution in [-0.4, -0.2) is 36.9 Å². The predicted octanol–water partition coefficient (Wildman–Crippen LogP) is 2.16. The number of carbonyl (C=O) groups is 1. The molecule has 0 spiro atoms. The lowest BCUT2D eigenvalue weighted by molar-refractivity contribution is -0.383. The number of methoxy groups -OCH3 is 1. The summed E-state index contributed by atoms with van der Waals surface area (Å²) in [7, 11) is -5.28. The SMILES string of the molecule is COC(=O)c1ncc2c([N+](=O)[O-])cccc2c1OS(=O)(=O)C(F)(F)F. The van der Waals surface area contributed by atoms with Crippen LogP contribution in [-0.2, 0) is 14.9 Å². The summed E-state index contributed by atoms with van der Waals surface area (Å²) in [6.45, 7) is 0. The van der Waals surface area contributed by atoms with Crippen LogP contribution in [0.2, 0.25) is 0 Å². The number of esters is 1. The molecule has 2 rings (SSSR count). The highest BCUT2D eigenvalue weighted by Gasteiger charge is 2.49. The molecule has 0 bridgehead atoms. The van der Waals surface area contributed by atoms with Crippen molar-refractivity contribution < 1.29 is 40.2 Å². The summed E-state index contributed by atoms with van der Waals surface area (Å²) in [6.07, 6.45) is 0.826. The molecule has 134 valence electrons. The van der Waals surface area contributed by atoms with E-state index in [2.05, 4.69) is 13.9 Å². The fourth-order valence-electron chi connectivity index (χ4n) is 1.84. The number of nitro groups is 1. The maximum Gasteiger partial charge on any atom is 0.534 e. The standard InChI is InChI=1S/C12H7F3N2O7S/c1-23-11(18)9-10(24-25(21,22)12(13,14)15)6-3-2-4-8(17(19)20)7(6)5-16-9/h2-5H,1H3. The quantitative estimate of drug-likeness (QED) is 0.260. The van der Waals surface area contributed by atoms with Crippen LogP contribution >= 0.6 is 0 Å². The zero-order valence-corrected chi connectivity index (χ0v) is 12.9. The van der Waals surface area contributed by atoms with E-state index in [0.29, 0.717) is 0 Å². The van der Waals surface area contributed by atoms with Crippen molar-refractivity contribution in [1.82, 2.24) is 4.98 Å². The molecule has 0 saturated carbocycles. The first kappa shape index (κ1) is 18.4. The normalized spacial score (nSPS) is 12.0. The van der Waals surface area contributed by atoms with Crippen molar-refractivity contribution in [2.24, 2.45) is 0 Å². The van der Waals surface area contributed by atoms with Crippen molar-refractivity contribution in [3.8, 4) is 5.75 Å². The van der Waals surface area contributed by atoms with E-state index in [4.69, 9.17) is 0 Å². The second-order valence-electron chi connectivity index (χ2n) is 4.41. The smallest absolute Gasteiger partial charge is 0.464 e. The van der Waals surface area contributed by atoms with Crippen LogP contribution < -0.4 is 4.18 Å². The van der Waals surface area contributed by atoms with Gasteiger partial charge in [-0.2, -0.15) is 21.6 Å². The number of benzene rings is 1. The molecule has 0 saturated heterocycles. The Morgan fingerprint density at radius 2 is 1.92 bits per heavy atom. The summed E-state index contributed by atoms with van der Waals surface area (Å²) in [5.74, 6) is -2.41. The average Bonchev–Trinajstić information content (AvgIpc) is 2.52. The Hall–Kier alpha value is -2.96. The monoisotopic (exact) mass is 380 g/mol. The summed E-state index contributed by atoms with van der Waals surface area (Å²) < 4.78 is 68.7. The minimum atomic E-state index is -6.16. The maximum absolute atomic E-state index is 12.6. The predicted molar refractivity (Wildman–Crippen MR) is 75.3 cm³/mol. The molecule has 0 amide bonds. The van der Waals surface area contributed by atoms with Gasteiger partial charge in [-0.25, -0.2) is 9.78 Å². The van der Waals surface area contributed by atoms with Gasteiger partial charge in [0.2, 0.25) is 0 Å². The highest BCUT2D eigenvalue weighted by molar-refractivity contribution is 7.88. The number of halogens is 3. The van der Waals surface area contributed by atoms with E-state index in [0.717, 1.165) is 31.5 Å². The number of carbonyl (C=O) groups excluding carboxylic acids is 1. The van der Waals surface area contributed by atoms with Crippen LogP contribution in [0.25, 0.3) is 10.8 Å². The second-order valence-corrected chi connectivity index (χ2v) is 5.94. The van der Waals surface area contributed by atoms with Crippen molar-refractivity contribution in [2.75, 3.05) is 7.11 Å². The fourth-order valence-corrected chi connectivity index (χ4v) is 2.33. The van der Waals surface area contributed by atoms with Crippen LogP contribution in [0.3, 0.4) is 0 Å². The number of hydrogen-bond donors (Lipinski definition) is 0. The third-order valence-electron chi connectivity index (χ3n) is 2.92. The lowest BCUT2D eigenvalue weighted by Gasteiger charge is -2.13. The molecule has 0 unspecified atom stereocenters. The van der Waals surface area contributed by atoms with E-state index >= 15 is 0 Å². The third-order valence-corrected chi connectivity index (χ3v) is 3.87. The number of pyridine rings is 1. The molecule has 1 heterocycles. The van der Waals surface area contributed by atoms with Gasteiger partial charge < -0.3 is 8.92 Å². The molecule has 0 radical (unpaired) electrons. The van der Waals surface area contributed by atoms with Crippen LogP contribution in [0.15, 0.2) is 24.4 Å². The third kappa shape index (κ3) is 3.31. The van der Waals surface area contributed by atoms with Crippen molar-refractivity contribution >= 4 is 32.5 Å². The number of hydrogen-bond acceptors (Lipinski definition) is 8. The van der Waals surface area contributed by atoms with Gasteiger partial charge in [-0.3, -0.25) is 10.1 Å². The minimum absolute atomic E-state index is 0.326. The fraction of sp³-hybridized carbons (Fsp3) is 0.167. The number of nitro benzene ring substituents is 1. The number of fused-ring (bicyclic) bond motifs is 1. The van der Waals surface area contributed by atoms with Crippen LogP contribution in [0, 0.1) is 10.1 Å². The maximum atomic E-state index is 12.6. The Balaban J connectivity index is 2.84. The Morgan fingerprint density at radius 3 is 2.44 bits per heavy atom. The molecule has 9 nitrogen and oxygen atoms in total. The van der Waals surface area contributed by atoms with Gasteiger partial charge in [-0.1, -0.05) is 6.07 Å². The van der Waals surface area contributed by atoms with Gasteiger partial charge in [0.1, 0.15) is 0 Å². The number of rotatable bonds is 4. The summed E-state index contributed by atoms with van der Waals surface area (Å²) in [4.78, 5) is 25.2. The minimum Gasteiger partial charge on any atom is -0.464 e. The average molecular weight is 380 g/mol. The van der Waals surface area contributed by atoms with E-state index in [1.165, 1.54) is 0 Å². The van der Waals surface area contributed by atoms with Crippen LogP contribution in [0.5, 0.6) is 5.75 Å². The number of ether oxygens (including phenoxy) is 1. The molecule has 0 fully saturated rings. The molecule has 1 aromatic heterocycles. The second kappa shape index (κ2) is 6.16. The molecule has 13 heteroatoms. The number of alkyl halides is 3. The molecule has 2 aromatic rings. The molecule has 1 aromatic carbocycles. The van der Waals surface area contributed by atoms with Crippen molar-refractivity contribution in [2.45, 2.75) is 5.51 Å². The van der Waals surface area contributed by atoms with Gasteiger partial charge in [0.15, 0.2) is 11.4 Å². The van der Waals surface area contributed by atoms with E-state index < -0.39 is 49.0 Å². The number of nitrogens with zero attached hydrogens (tertiary/aromatic N) is 2. The summed E-state index contributed by atoms with van der Waals surface area (Å²) in [6, 6.07) is 3.14. The molecular weight excluding hydrogens is 373 g/mol. The molecule has 0 atom stereocenters. The van der Waals surface area contributed by atoms with Gasteiger partial charge >= 0.3 is 21.6 Å². The van der Waals surface area contributed by atoms with Crippen molar-refractivity contribution in [1.29, 1.82) is 0 Å². The topological polar surface area (TPSA) is 126 Å². The van der Waals surface area contributed by atoms with Gasteiger partial charge in [0, 0.05) is 17.6 Å². The van der Waals surface area contributed by atoms with Gasteiger partial charge in [0.25, 0.3) is 5.69 Å². The largest absolute Gasteiger partial charge is 0.534 e.